The summed E-state index contributed by atoms with van der Waals surface area (Å²) in [5, 5.41) is 2.78. The topological polar surface area (TPSA) is 73.6 Å². The van der Waals surface area contributed by atoms with E-state index in [1.807, 2.05) is 32.0 Å². The Morgan fingerprint density at radius 2 is 2.00 bits per heavy atom. The van der Waals surface area contributed by atoms with Gasteiger partial charge in [-0.15, -0.1) is 0 Å². The molecular weight excluding hydrogens is 304 g/mol. The summed E-state index contributed by atoms with van der Waals surface area (Å²) in [6.07, 6.45) is 3.21. The Labute approximate surface area is 142 Å². The Hall–Kier alpha value is -2.95. The molecule has 2 aromatic rings. The van der Waals surface area contributed by atoms with Gasteiger partial charge in [-0.2, -0.15) is 0 Å². The van der Waals surface area contributed by atoms with Crippen molar-refractivity contribution in [1.82, 2.24) is 0 Å². The molecule has 0 aromatic heterocycles. The number of anilines is 2. The summed E-state index contributed by atoms with van der Waals surface area (Å²) in [5.74, 6) is 1.10. The molecule has 2 aromatic carbocycles. The number of ether oxygens (including phenoxy) is 2. The van der Waals surface area contributed by atoms with E-state index in [1.165, 1.54) is 6.08 Å². The van der Waals surface area contributed by atoms with Crippen LogP contribution in [0.2, 0.25) is 0 Å². The van der Waals surface area contributed by atoms with Gasteiger partial charge in [0.1, 0.15) is 11.5 Å². The Bertz CT molecular complexity index is 739. The predicted octanol–water partition coefficient (Wildman–Crippen LogP) is 3.72. The monoisotopic (exact) mass is 326 g/mol. The SMILES string of the molecule is COc1cccc(NC(=O)/C=C\c2ccc(OC(C)C)c(N)c2)c1. The van der Waals surface area contributed by atoms with Crippen molar-refractivity contribution in [2.24, 2.45) is 0 Å². The number of hydrogen-bond donors (Lipinski definition) is 2. The van der Waals surface area contributed by atoms with Crippen LogP contribution in [0, 0.1) is 0 Å². The highest BCUT2D eigenvalue weighted by Gasteiger charge is 2.04. The van der Waals surface area contributed by atoms with Gasteiger partial charge in [-0.05, 0) is 49.8 Å². The van der Waals surface area contributed by atoms with Crippen LogP contribution in [0.1, 0.15) is 19.4 Å². The number of carbonyl (C=O) groups is 1. The van der Waals surface area contributed by atoms with Gasteiger partial charge in [-0.3, -0.25) is 4.79 Å². The molecule has 1 amide bonds. The van der Waals surface area contributed by atoms with Crippen molar-refractivity contribution in [3.63, 3.8) is 0 Å². The van der Waals surface area contributed by atoms with Crippen LogP contribution in [0.5, 0.6) is 11.5 Å². The lowest BCUT2D eigenvalue weighted by atomic mass is 10.1. The van der Waals surface area contributed by atoms with E-state index in [-0.39, 0.29) is 12.0 Å². The zero-order chi connectivity index (χ0) is 17.5. The molecule has 0 spiro atoms. The number of carbonyl (C=O) groups excluding carboxylic acids is 1. The first-order valence-electron chi connectivity index (χ1n) is 7.67. The smallest absolute Gasteiger partial charge is 0.248 e. The molecule has 0 heterocycles. The molecule has 0 atom stereocenters. The first-order chi connectivity index (χ1) is 11.5. The molecule has 0 aliphatic rings. The number of methoxy groups -OCH3 is 1. The molecule has 0 fully saturated rings. The molecule has 0 bridgehead atoms. The maximum atomic E-state index is 12.0. The number of nitrogens with one attached hydrogen (secondary N) is 1. The van der Waals surface area contributed by atoms with Gasteiger partial charge < -0.3 is 20.5 Å². The lowest BCUT2D eigenvalue weighted by molar-refractivity contribution is -0.111. The summed E-state index contributed by atoms with van der Waals surface area (Å²) < 4.78 is 10.7. The van der Waals surface area contributed by atoms with Crippen molar-refractivity contribution in [1.29, 1.82) is 0 Å². The molecule has 0 saturated carbocycles. The summed E-state index contributed by atoms with van der Waals surface area (Å²) >= 11 is 0. The fourth-order valence-corrected chi connectivity index (χ4v) is 2.09. The minimum atomic E-state index is -0.232. The third-order valence-electron chi connectivity index (χ3n) is 3.16. The van der Waals surface area contributed by atoms with Gasteiger partial charge in [0.2, 0.25) is 5.91 Å². The average molecular weight is 326 g/mol. The highest BCUT2D eigenvalue weighted by Crippen LogP contribution is 2.24. The van der Waals surface area contributed by atoms with Crippen LogP contribution < -0.4 is 20.5 Å². The number of amides is 1. The van der Waals surface area contributed by atoms with Crippen LogP contribution in [0.25, 0.3) is 6.08 Å². The molecular formula is C19H22N2O3. The normalized spacial score (nSPS) is 10.8. The molecule has 5 nitrogen and oxygen atoms in total. The van der Waals surface area contributed by atoms with Crippen LogP contribution in [0.4, 0.5) is 11.4 Å². The first kappa shape index (κ1) is 17.4. The molecule has 24 heavy (non-hydrogen) atoms. The first-order valence-corrected chi connectivity index (χ1v) is 7.67. The number of nitrogens with two attached hydrogens (primary N) is 1. The highest BCUT2D eigenvalue weighted by molar-refractivity contribution is 6.02. The van der Waals surface area contributed by atoms with E-state index in [0.717, 1.165) is 5.56 Å². The second-order valence-corrected chi connectivity index (χ2v) is 5.52. The lowest BCUT2D eigenvalue weighted by Gasteiger charge is -2.12. The maximum absolute atomic E-state index is 12.0. The molecule has 0 radical (unpaired) electrons. The third kappa shape index (κ3) is 5.05. The van der Waals surface area contributed by atoms with E-state index < -0.39 is 0 Å². The average Bonchev–Trinajstić information content (AvgIpc) is 2.55. The van der Waals surface area contributed by atoms with Crippen molar-refractivity contribution in [3.05, 3.63) is 54.1 Å². The largest absolute Gasteiger partial charge is 0.497 e. The zero-order valence-corrected chi connectivity index (χ0v) is 14.1. The predicted molar refractivity (Wildman–Crippen MR) is 97.3 cm³/mol. The fraction of sp³-hybridized carbons (Fsp3) is 0.211. The van der Waals surface area contributed by atoms with E-state index in [0.29, 0.717) is 22.9 Å². The minimum absolute atomic E-state index is 0.0577. The number of rotatable bonds is 6. The van der Waals surface area contributed by atoms with Crippen LogP contribution in [0.15, 0.2) is 48.5 Å². The van der Waals surface area contributed by atoms with Gasteiger partial charge in [-0.1, -0.05) is 12.1 Å². The van der Waals surface area contributed by atoms with Gasteiger partial charge in [0.05, 0.1) is 18.9 Å². The standard InChI is InChI=1S/C19H22N2O3/c1-13(2)24-18-9-7-14(11-17(18)20)8-10-19(22)21-15-5-4-6-16(12-15)23-3/h4-13H,20H2,1-3H3,(H,21,22)/b10-8-. The van der Waals surface area contributed by atoms with Crippen molar-refractivity contribution < 1.29 is 14.3 Å². The zero-order valence-electron chi connectivity index (χ0n) is 14.1. The minimum Gasteiger partial charge on any atom is -0.497 e. The van der Waals surface area contributed by atoms with E-state index in [4.69, 9.17) is 15.2 Å². The summed E-state index contributed by atoms with van der Waals surface area (Å²) in [7, 11) is 1.58. The second-order valence-electron chi connectivity index (χ2n) is 5.52. The molecule has 3 N–H and O–H groups in total. The van der Waals surface area contributed by atoms with E-state index in [1.54, 1.807) is 37.5 Å². The molecule has 0 unspecified atom stereocenters. The Morgan fingerprint density at radius 3 is 2.67 bits per heavy atom. The third-order valence-corrected chi connectivity index (χ3v) is 3.16. The Morgan fingerprint density at radius 1 is 1.21 bits per heavy atom. The van der Waals surface area contributed by atoms with Crippen LogP contribution in [-0.4, -0.2) is 19.1 Å². The molecule has 0 aliphatic heterocycles. The summed E-state index contributed by atoms with van der Waals surface area (Å²) in [4.78, 5) is 12.0. The van der Waals surface area contributed by atoms with Gasteiger partial charge in [0.25, 0.3) is 0 Å². The van der Waals surface area contributed by atoms with E-state index in [2.05, 4.69) is 5.32 Å². The molecule has 2 rings (SSSR count). The molecule has 0 aliphatic carbocycles. The molecule has 0 saturated heterocycles. The highest BCUT2D eigenvalue weighted by atomic mass is 16.5. The maximum Gasteiger partial charge on any atom is 0.248 e. The second kappa shape index (κ2) is 8.06. The van der Waals surface area contributed by atoms with E-state index in [9.17, 15) is 4.79 Å². The van der Waals surface area contributed by atoms with Crippen LogP contribution in [0.3, 0.4) is 0 Å². The van der Waals surface area contributed by atoms with Crippen molar-refractivity contribution >= 4 is 23.4 Å². The van der Waals surface area contributed by atoms with Gasteiger partial charge in [0.15, 0.2) is 0 Å². The van der Waals surface area contributed by atoms with E-state index >= 15 is 0 Å². The summed E-state index contributed by atoms with van der Waals surface area (Å²) in [6, 6.07) is 12.6. The number of benzene rings is 2. The number of nitrogen functional groups attached to an aromatic ring is 1. The molecule has 5 heteroatoms. The van der Waals surface area contributed by atoms with Crippen LogP contribution >= 0.6 is 0 Å². The van der Waals surface area contributed by atoms with Crippen molar-refractivity contribution in [2.45, 2.75) is 20.0 Å². The lowest BCUT2D eigenvalue weighted by Crippen LogP contribution is -2.08. The van der Waals surface area contributed by atoms with Gasteiger partial charge in [-0.25, -0.2) is 0 Å². The summed E-state index contributed by atoms with van der Waals surface area (Å²) in [6.45, 7) is 3.88. The van der Waals surface area contributed by atoms with Gasteiger partial charge >= 0.3 is 0 Å². The Balaban J connectivity index is 2.01. The van der Waals surface area contributed by atoms with Crippen molar-refractivity contribution in [2.75, 3.05) is 18.2 Å². The van der Waals surface area contributed by atoms with Crippen LogP contribution in [-0.2, 0) is 4.79 Å². The quantitative estimate of drug-likeness (QED) is 0.627. The fourth-order valence-electron chi connectivity index (χ4n) is 2.09. The van der Waals surface area contributed by atoms with Gasteiger partial charge in [0, 0.05) is 17.8 Å². The van der Waals surface area contributed by atoms with Crippen molar-refractivity contribution in [3.8, 4) is 11.5 Å². The molecule has 126 valence electrons. The number of hydrogen-bond acceptors (Lipinski definition) is 4. The Kier molecular flexibility index (Phi) is 5.84. The summed E-state index contributed by atoms with van der Waals surface area (Å²) in [5.41, 5.74) is 7.99.